The average molecular weight is 215 g/mol. The van der Waals surface area contributed by atoms with E-state index in [4.69, 9.17) is 9.47 Å². The molecule has 0 aromatic rings. The zero-order valence-electron chi connectivity index (χ0n) is 8.70. The van der Waals surface area contributed by atoms with Crippen LogP contribution in [0.4, 0.5) is 4.79 Å². The Hall–Kier alpha value is -0.850. The number of nitrogens with zero attached hydrogens (tertiary/aromatic N) is 1. The van der Waals surface area contributed by atoms with Crippen LogP contribution in [0.15, 0.2) is 0 Å². The van der Waals surface area contributed by atoms with E-state index in [9.17, 15) is 4.79 Å². The van der Waals surface area contributed by atoms with Crippen LogP contribution in [0.3, 0.4) is 0 Å². The van der Waals surface area contributed by atoms with Gasteiger partial charge in [-0.3, -0.25) is 5.43 Å². The summed E-state index contributed by atoms with van der Waals surface area (Å²) in [5.74, 6) is 0. The molecule has 1 atom stereocenters. The van der Waals surface area contributed by atoms with Crippen LogP contribution < -0.4 is 10.7 Å². The quantitative estimate of drug-likeness (QED) is 0.641. The summed E-state index contributed by atoms with van der Waals surface area (Å²) in [6, 6.07) is 0.0124. The van der Waals surface area contributed by atoms with Gasteiger partial charge in [0.25, 0.3) is 0 Å². The van der Waals surface area contributed by atoms with Crippen molar-refractivity contribution in [3.05, 3.63) is 0 Å². The monoisotopic (exact) mass is 215 g/mol. The first-order valence-corrected chi connectivity index (χ1v) is 5.32. The molecule has 2 amide bonds. The number of hydrogen-bond acceptors (Lipinski definition) is 4. The SMILES string of the molecule is O=C(NC1CCOC1)NN1CCOCC1. The summed E-state index contributed by atoms with van der Waals surface area (Å²) in [4.78, 5) is 11.5. The fourth-order valence-corrected chi connectivity index (χ4v) is 1.68. The normalized spacial score (nSPS) is 27.6. The number of morpholine rings is 1. The molecule has 0 spiro atoms. The van der Waals surface area contributed by atoms with Crippen molar-refractivity contribution >= 4 is 6.03 Å². The number of nitrogens with one attached hydrogen (secondary N) is 2. The van der Waals surface area contributed by atoms with Crippen LogP contribution in [0.25, 0.3) is 0 Å². The molecule has 2 heterocycles. The lowest BCUT2D eigenvalue weighted by molar-refractivity contribution is 0.0192. The third-order valence-electron chi connectivity index (χ3n) is 2.54. The molecule has 0 aliphatic carbocycles. The Bertz CT molecular complexity index is 213. The molecule has 86 valence electrons. The van der Waals surface area contributed by atoms with Crippen molar-refractivity contribution in [2.24, 2.45) is 0 Å². The van der Waals surface area contributed by atoms with Gasteiger partial charge in [0.15, 0.2) is 0 Å². The van der Waals surface area contributed by atoms with E-state index in [1.54, 1.807) is 0 Å². The topological polar surface area (TPSA) is 62.8 Å². The number of carbonyl (C=O) groups excluding carboxylic acids is 1. The summed E-state index contributed by atoms with van der Waals surface area (Å²) < 4.78 is 10.4. The van der Waals surface area contributed by atoms with Crippen molar-refractivity contribution in [1.29, 1.82) is 0 Å². The number of carbonyl (C=O) groups is 1. The first-order valence-electron chi connectivity index (χ1n) is 5.32. The highest BCUT2D eigenvalue weighted by atomic mass is 16.5. The second-order valence-corrected chi connectivity index (χ2v) is 3.75. The molecule has 15 heavy (non-hydrogen) atoms. The van der Waals surface area contributed by atoms with Crippen LogP contribution in [-0.2, 0) is 9.47 Å². The number of urea groups is 1. The van der Waals surface area contributed by atoms with E-state index in [1.807, 2.05) is 5.01 Å². The minimum atomic E-state index is -0.146. The van der Waals surface area contributed by atoms with Crippen molar-refractivity contribution in [1.82, 2.24) is 15.8 Å². The second-order valence-electron chi connectivity index (χ2n) is 3.75. The number of hydrazine groups is 1. The summed E-state index contributed by atoms with van der Waals surface area (Å²) in [6.45, 7) is 4.20. The van der Waals surface area contributed by atoms with E-state index >= 15 is 0 Å². The van der Waals surface area contributed by atoms with Crippen LogP contribution in [0, 0.1) is 0 Å². The minimum absolute atomic E-state index is 0.146. The van der Waals surface area contributed by atoms with Gasteiger partial charge < -0.3 is 14.8 Å². The maximum atomic E-state index is 11.5. The predicted molar refractivity (Wildman–Crippen MR) is 53.3 cm³/mol. The zero-order valence-corrected chi connectivity index (χ0v) is 8.70. The van der Waals surface area contributed by atoms with Crippen LogP contribution in [0.5, 0.6) is 0 Å². The molecule has 0 radical (unpaired) electrons. The molecule has 2 saturated heterocycles. The molecular weight excluding hydrogens is 198 g/mol. The van der Waals surface area contributed by atoms with Crippen molar-refractivity contribution in [3.8, 4) is 0 Å². The van der Waals surface area contributed by atoms with Gasteiger partial charge in [-0.1, -0.05) is 0 Å². The first kappa shape index (κ1) is 10.7. The number of ether oxygens (including phenoxy) is 2. The van der Waals surface area contributed by atoms with Gasteiger partial charge in [-0.25, -0.2) is 9.80 Å². The molecule has 0 bridgehead atoms. The summed E-state index contributed by atoms with van der Waals surface area (Å²) >= 11 is 0. The van der Waals surface area contributed by atoms with Gasteiger partial charge in [0.1, 0.15) is 0 Å². The predicted octanol–water partition coefficient (Wildman–Crippen LogP) is -0.678. The van der Waals surface area contributed by atoms with E-state index in [0.29, 0.717) is 19.8 Å². The largest absolute Gasteiger partial charge is 0.379 e. The zero-order chi connectivity index (χ0) is 10.5. The molecule has 0 saturated carbocycles. The van der Waals surface area contributed by atoms with E-state index < -0.39 is 0 Å². The third kappa shape index (κ3) is 3.33. The van der Waals surface area contributed by atoms with Gasteiger partial charge in [-0.15, -0.1) is 0 Å². The Morgan fingerprint density at radius 3 is 2.67 bits per heavy atom. The Labute approximate surface area is 88.9 Å². The molecule has 2 fully saturated rings. The molecule has 2 aliphatic heterocycles. The van der Waals surface area contributed by atoms with Gasteiger partial charge in [-0.05, 0) is 6.42 Å². The number of hydrogen-bond donors (Lipinski definition) is 2. The summed E-state index contributed by atoms with van der Waals surface area (Å²) in [5, 5.41) is 4.74. The Morgan fingerprint density at radius 1 is 1.20 bits per heavy atom. The van der Waals surface area contributed by atoms with Gasteiger partial charge in [0.2, 0.25) is 0 Å². The summed E-state index contributed by atoms with van der Waals surface area (Å²) in [7, 11) is 0. The maximum absolute atomic E-state index is 11.5. The van der Waals surface area contributed by atoms with Gasteiger partial charge in [0, 0.05) is 19.7 Å². The lowest BCUT2D eigenvalue weighted by atomic mass is 10.3. The van der Waals surface area contributed by atoms with Gasteiger partial charge in [0.05, 0.1) is 25.9 Å². The van der Waals surface area contributed by atoms with E-state index in [1.165, 1.54) is 0 Å². The summed E-state index contributed by atoms with van der Waals surface area (Å²) in [5.41, 5.74) is 2.79. The fourth-order valence-electron chi connectivity index (χ4n) is 1.68. The van der Waals surface area contributed by atoms with Crippen LogP contribution in [-0.4, -0.2) is 56.6 Å². The average Bonchev–Trinajstić information content (AvgIpc) is 2.71. The van der Waals surface area contributed by atoms with E-state index in [0.717, 1.165) is 26.1 Å². The standard InChI is InChI=1S/C9H17N3O3/c13-9(10-8-1-4-15-7-8)11-12-2-5-14-6-3-12/h8H,1-7H2,(H2,10,11,13). The molecule has 6 nitrogen and oxygen atoms in total. The van der Waals surface area contributed by atoms with E-state index in [2.05, 4.69) is 10.7 Å². The molecule has 2 rings (SSSR count). The molecule has 0 aromatic heterocycles. The third-order valence-corrected chi connectivity index (χ3v) is 2.54. The van der Waals surface area contributed by atoms with Crippen molar-refractivity contribution in [3.63, 3.8) is 0 Å². The van der Waals surface area contributed by atoms with Crippen molar-refractivity contribution in [2.75, 3.05) is 39.5 Å². The van der Waals surface area contributed by atoms with Crippen molar-refractivity contribution in [2.45, 2.75) is 12.5 Å². The van der Waals surface area contributed by atoms with Crippen LogP contribution >= 0.6 is 0 Å². The molecule has 1 unspecified atom stereocenters. The summed E-state index contributed by atoms with van der Waals surface area (Å²) in [6.07, 6.45) is 0.899. The lowest BCUT2D eigenvalue weighted by Gasteiger charge is -2.27. The highest BCUT2D eigenvalue weighted by molar-refractivity contribution is 5.73. The number of amides is 2. The Morgan fingerprint density at radius 2 is 2.00 bits per heavy atom. The van der Waals surface area contributed by atoms with Crippen LogP contribution in [0.1, 0.15) is 6.42 Å². The molecule has 2 aliphatic rings. The second kappa shape index (κ2) is 5.29. The molecular formula is C9H17N3O3. The van der Waals surface area contributed by atoms with Crippen molar-refractivity contribution < 1.29 is 14.3 Å². The van der Waals surface area contributed by atoms with E-state index in [-0.39, 0.29) is 12.1 Å². The lowest BCUT2D eigenvalue weighted by Crippen LogP contribution is -2.53. The highest BCUT2D eigenvalue weighted by Crippen LogP contribution is 2.02. The molecule has 0 aromatic carbocycles. The number of rotatable bonds is 2. The maximum Gasteiger partial charge on any atom is 0.329 e. The van der Waals surface area contributed by atoms with Gasteiger partial charge in [-0.2, -0.15) is 0 Å². The Kier molecular flexibility index (Phi) is 3.76. The molecule has 2 N–H and O–H groups in total. The highest BCUT2D eigenvalue weighted by Gasteiger charge is 2.19. The Balaban J connectivity index is 1.66. The fraction of sp³-hybridized carbons (Fsp3) is 0.889. The van der Waals surface area contributed by atoms with Crippen LogP contribution in [0.2, 0.25) is 0 Å². The molecule has 6 heteroatoms. The minimum Gasteiger partial charge on any atom is -0.379 e. The van der Waals surface area contributed by atoms with Gasteiger partial charge >= 0.3 is 6.03 Å². The smallest absolute Gasteiger partial charge is 0.329 e. The first-order chi connectivity index (χ1) is 7.34.